The third-order valence-corrected chi connectivity index (χ3v) is 4.30. The summed E-state index contributed by atoms with van der Waals surface area (Å²) >= 11 is 9.85. The minimum absolute atomic E-state index is 0.314. The second kappa shape index (κ2) is 5.62. The van der Waals surface area contributed by atoms with Crippen LogP contribution in [-0.2, 0) is 0 Å². The predicted octanol–water partition coefficient (Wildman–Crippen LogP) is 4.69. The van der Waals surface area contributed by atoms with Crippen LogP contribution >= 0.6 is 27.5 Å². The first-order chi connectivity index (χ1) is 9.65. The molecule has 1 unspecified atom stereocenters. The van der Waals surface area contributed by atoms with E-state index in [2.05, 4.69) is 15.9 Å². The van der Waals surface area contributed by atoms with Crippen LogP contribution in [0, 0.1) is 5.82 Å². The predicted molar refractivity (Wildman–Crippen MR) is 79.2 cm³/mol. The van der Waals surface area contributed by atoms with Crippen LogP contribution in [0.1, 0.15) is 16.5 Å². The Labute approximate surface area is 129 Å². The summed E-state index contributed by atoms with van der Waals surface area (Å²) in [5.74, 6) is 1.07. The number of halogens is 3. The van der Waals surface area contributed by atoms with E-state index in [1.165, 1.54) is 12.1 Å². The van der Waals surface area contributed by atoms with Crippen LogP contribution in [0.25, 0.3) is 0 Å². The highest BCUT2D eigenvalue weighted by atomic mass is 79.9. The summed E-state index contributed by atoms with van der Waals surface area (Å²) in [4.78, 5) is 0. The van der Waals surface area contributed by atoms with Crippen molar-refractivity contribution < 1.29 is 13.9 Å². The first-order valence-electron chi connectivity index (χ1n) is 6.14. The van der Waals surface area contributed by atoms with Gasteiger partial charge in [0.1, 0.15) is 19.0 Å². The highest BCUT2D eigenvalue weighted by Gasteiger charge is 2.18. The van der Waals surface area contributed by atoms with Gasteiger partial charge in [0.05, 0.1) is 5.38 Å². The number of hydrogen-bond donors (Lipinski definition) is 0. The molecule has 104 valence electrons. The highest BCUT2D eigenvalue weighted by Crippen LogP contribution is 2.39. The molecule has 1 atom stereocenters. The molecular weight excluding hydrogens is 347 g/mol. The average Bonchev–Trinajstić information content (AvgIpc) is 2.48. The first-order valence-corrected chi connectivity index (χ1v) is 7.36. The average molecular weight is 358 g/mol. The van der Waals surface area contributed by atoms with Gasteiger partial charge in [0, 0.05) is 4.47 Å². The lowest BCUT2D eigenvalue weighted by Crippen LogP contribution is -2.15. The van der Waals surface area contributed by atoms with Gasteiger partial charge >= 0.3 is 0 Å². The van der Waals surface area contributed by atoms with E-state index in [0.29, 0.717) is 30.3 Å². The maximum atomic E-state index is 13.4. The van der Waals surface area contributed by atoms with Crippen molar-refractivity contribution in [2.24, 2.45) is 0 Å². The number of hydrogen-bond acceptors (Lipinski definition) is 2. The molecule has 0 bridgehead atoms. The Balaban J connectivity index is 1.97. The third-order valence-electron chi connectivity index (χ3n) is 3.09. The standard InChI is InChI=1S/C15H11BrClFO2/c16-12-3-2-10(18)8-11(12)15(17)9-1-4-13-14(7-9)20-6-5-19-13/h1-4,7-8,15H,5-6H2. The molecule has 0 fully saturated rings. The van der Waals surface area contributed by atoms with Crippen LogP contribution in [0.3, 0.4) is 0 Å². The third kappa shape index (κ3) is 2.63. The van der Waals surface area contributed by atoms with Crippen molar-refractivity contribution in [1.29, 1.82) is 0 Å². The Kier molecular flexibility index (Phi) is 3.85. The lowest BCUT2D eigenvalue weighted by atomic mass is 10.0. The number of ether oxygens (including phenoxy) is 2. The van der Waals surface area contributed by atoms with E-state index in [-0.39, 0.29) is 5.82 Å². The van der Waals surface area contributed by atoms with Gasteiger partial charge in [-0.3, -0.25) is 0 Å². The fraction of sp³-hybridized carbons (Fsp3) is 0.200. The SMILES string of the molecule is Fc1ccc(Br)c(C(Cl)c2ccc3c(c2)OCCO3)c1. The molecule has 0 spiro atoms. The Morgan fingerprint density at radius 1 is 1.05 bits per heavy atom. The summed E-state index contributed by atoms with van der Waals surface area (Å²) in [6.07, 6.45) is 0. The van der Waals surface area contributed by atoms with Gasteiger partial charge in [-0.25, -0.2) is 4.39 Å². The van der Waals surface area contributed by atoms with E-state index in [0.717, 1.165) is 10.0 Å². The Morgan fingerprint density at radius 2 is 1.80 bits per heavy atom. The van der Waals surface area contributed by atoms with Crippen molar-refractivity contribution in [2.45, 2.75) is 5.38 Å². The number of fused-ring (bicyclic) bond motifs is 1. The molecule has 0 amide bonds. The molecule has 5 heteroatoms. The Hall–Kier alpha value is -1.26. The van der Waals surface area contributed by atoms with Gasteiger partial charge in [0.25, 0.3) is 0 Å². The van der Waals surface area contributed by atoms with Crippen LogP contribution in [0.5, 0.6) is 11.5 Å². The summed E-state index contributed by atoms with van der Waals surface area (Å²) in [6.45, 7) is 1.07. The van der Waals surface area contributed by atoms with E-state index in [4.69, 9.17) is 21.1 Å². The van der Waals surface area contributed by atoms with E-state index in [9.17, 15) is 4.39 Å². The Bertz CT molecular complexity index is 648. The van der Waals surface area contributed by atoms with Crippen LogP contribution in [0.15, 0.2) is 40.9 Å². The number of alkyl halides is 1. The molecule has 1 heterocycles. The van der Waals surface area contributed by atoms with E-state index >= 15 is 0 Å². The summed E-state index contributed by atoms with van der Waals surface area (Å²) in [5, 5.41) is -0.462. The molecular formula is C15H11BrClFO2. The van der Waals surface area contributed by atoms with Gasteiger partial charge in [0.2, 0.25) is 0 Å². The summed E-state index contributed by atoms with van der Waals surface area (Å²) in [6, 6.07) is 10.00. The monoisotopic (exact) mass is 356 g/mol. The molecule has 3 rings (SSSR count). The van der Waals surface area contributed by atoms with E-state index < -0.39 is 5.38 Å². The fourth-order valence-electron chi connectivity index (χ4n) is 2.11. The topological polar surface area (TPSA) is 18.5 Å². The summed E-state index contributed by atoms with van der Waals surface area (Å²) in [7, 11) is 0. The normalized spacial score (nSPS) is 14.9. The lowest BCUT2D eigenvalue weighted by Gasteiger charge is -2.20. The number of benzene rings is 2. The molecule has 1 aliphatic heterocycles. The second-order valence-corrected chi connectivity index (χ2v) is 5.72. The molecule has 0 saturated carbocycles. The van der Waals surface area contributed by atoms with E-state index in [1.54, 1.807) is 6.07 Å². The lowest BCUT2D eigenvalue weighted by molar-refractivity contribution is 0.171. The molecule has 20 heavy (non-hydrogen) atoms. The van der Waals surface area contributed by atoms with Crippen molar-refractivity contribution in [3.63, 3.8) is 0 Å². The minimum atomic E-state index is -0.462. The largest absolute Gasteiger partial charge is 0.486 e. The van der Waals surface area contributed by atoms with Gasteiger partial charge in [-0.05, 0) is 41.5 Å². The van der Waals surface area contributed by atoms with Gasteiger partial charge in [-0.15, -0.1) is 11.6 Å². The zero-order valence-electron chi connectivity index (χ0n) is 10.4. The summed E-state index contributed by atoms with van der Waals surface area (Å²) < 4.78 is 25.1. The highest BCUT2D eigenvalue weighted by molar-refractivity contribution is 9.10. The molecule has 2 aromatic rings. The van der Waals surface area contributed by atoms with Gasteiger partial charge in [-0.1, -0.05) is 22.0 Å². The molecule has 2 aromatic carbocycles. The minimum Gasteiger partial charge on any atom is -0.486 e. The van der Waals surface area contributed by atoms with Crippen LogP contribution in [0.4, 0.5) is 4.39 Å². The first kappa shape index (κ1) is 13.7. The van der Waals surface area contributed by atoms with Crippen molar-refractivity contribution in [3.05, 3.63) is 57.8 Å². The smallest absolute Gasteiger partial charge is 0.161 e. The zero-order chi connectivity index (χ0) is 14.1. The van der Waals surface area contributed by atoms with Gasteiger partial charge < -0.3 is 9.47 Å². The van der Waals surface area contributed by atoms with Crippen molar-refractivity contribution >= 4 is 27.5 Å². The quantitative estimate of drug-likeness (QED) is 0.726. The second-order valence-electron chi connectivity index (χ2n) is 4.43. The van der Waals surface area contributed by atoms with Crippen molar-refractivity contribution in [2.75, 3.05) is 13.2 Å². The molecule has 0 aliphatic carbocycles. The van der Waals surface area contributed by atoms with Gasteiger partial charge in [0.15, 0.2) is 11.5 Å². The fourth-order valence-corrected chi connectivity index (χ4v) is 3.03. The van der Waals surface area contributed by atoms with Crippen LogP contribution < -0.4 is 9.47 Å². The number of rotatable bonds is 2. The summed E-state index contributed by atoms with van der Waals surface area (Å²) in [5.41, 5.74) is 1.52. The zero-order valence-corrected chi connectivity index (χ0v) is 12.7. The molecule has 2 nitrogen and oxygen atoms in total. The molecule has 1 aliphatic rings. The van der Waals surface area contributed by atoms with Crippen molar-refractivity contribution in [3.8, 4) is 11.5 Å². The molecule has 0 radical (unpaired) electrons. The Morgan fingerprint density at radius 3 is 2.60 bits per heavy atom. The molecule has 0 N–H and O–H groups in total. The van der Waals surface area contributed by atoms with E-state index in [1.807, 2.05) is 18.2 Å². The maximum absolute atomic E-state index is 13.4. The van der Waals surface area contributed by atoms with Crippen LogP contribution in [-0.4, -0.2) is 13.2 Å². The molecule has 0 saturated heterocycles. The maximum Gasteiger partial charge on any atom is 0.161 e. The molecule has 0 aromatic heterocycles. The van der Waals surface area contributed by atoms with Crippen molar-refractivity contribution in [1.82, 2.24) is 0 Å². The van der Waals surface area contributed by atoms with Crippen LogP contribution in [0.2, 0.25) is 0 Å². The van der Waals surface area contributed by atoms with Gasteiger partial charge in [-0.2, -0.15) is 0 Å².